The lowest BCUT2D eigenvalue weighted by molar-refractivity contribution is 0.530. The summed E-state index contributed by atoms with van der Waals surface area (Å²) in [6.07, 6.45) is 1.15. The summed E-state index contributed by atoms with van der Waals surface area (Å²) in [6, 6.07) is 12.6. The number of thiazole rings is 1. The summed E-state index contributed by atoms with van der Waals surface area (Å²) in [7, 11) is 0. The van der Waals surface area contributed by atoms with Gasteiger partial charge in [-0.15, -0.1) is 11.3 Å². The van der Waals surface area contributed by atoms with E-state index in [0.29, 0.717) is 16.1 Å². The van der Waals surface area contributed by atoms with E-state index in [4.69, 9.17) is 11.0 Å². The van der Waals surface area contributed by atoms with Crippen molar-refractivity contribution in [3.05, 3.63) is 82.2 Å². The third-order valence-corrected chi connectivity index (χ3v) is 5.68. The fourth-order valence-corrected chi connectivity index (χ4v) is 3.94. The Morgan fingerprint density at radius 3 is 2.66 bits per heavy atom. The quantitative estimate of drug-likeness (QED) is 0.465. The molecule has 0 saturated heterocycles. The standard InChI is InChI=1S/C22H18F2N4S/c1-14(21-28-20(11-29-21)16-5-3-15(10-25)4-6-16)22(2,12-27-13-26)18-8-7-17(23)9-19(18)24/h3-9,11,13H,1,12H2,2H3,(H2,26,27)/t22-/m0/s1. The molecule has 146 valence electrons. The highest BCUT2D eigenvalue weighted by atomic mass is 32.1. The second kappa shape index (κ2) is 8.33. The van der Waals surface area contributed by atoms with Crippen LogP contribution in [0.5, 0.6) is 0 Å². The molecule has 7 heteroatoms. The molecule has 0 aliphatic rings. The van der Waals surface area contributed by atoms with E-state index in [2.05, 4.69) is 22.6 Å². The lowest BCUT2D eigenvalue weighted by Crippen LogP contribution is -2.29. The van der Waals surface area contributed by atoms with Crippen LogP contribution in [0.4, 0.5) is 8.78 Å². The van der Waals surface area contributed by atoms with Crippen LogP contribution in [0.1, 0.15) is 23.1 Å². The molecule has 1 heterocycles. The van der Waals surface area contributed by atoms with Crippen LogP contribution in [0.2, 0.25) is 0 Å². The van der Waals surface area contributed by atoms with Crippen molar-refractivity contribution in [2.75, 3.05) is 6.54 Å². The number of aromatic nitrogens is 1. The largest absolute Gasteiger partial charge is 0.390 e. The van der Waals surface area contributed by atoms with E-state index in [1.54, 1.807) is 19.1 Å². The number of rotatable bonds is 6. The smallest absolute Gasteiger partial charge is 0.130 e. The molecule has 0 amide bonds. The van der Waals surface area contributed by atoms with Crippen molar-refractivity contribution in [1.29, 1.82) is 5.26 Å². The van der Waals surface area contributed by atoms with E-state index < -0.39 is 17.0 Å². The normalized spacial score (nSPS) is 13.2. The van der Waals surface area contributed by atoms with Crippen molar-refractivity contribution in [2.24, 2.45) is 10.7 Å². The third-order valence-electron chi connectivity index (χ3n) is 4.78. The molecule has 4 nitrogen and oxygen atoms in total. The van der Waals surface area contributed by atoms with Gasteiger partial charge in [-0.3, -0.25) is 4.99 Å². The maximum Gasteiger partial charge on any atom is 0.130 e. The Kier molecular flexibility index (Phi) is 5.85. The zero-order chi connectivity index (χ0) is 21.0. The highest BCUT2D eigenvalue weighted by Crippen LogP contribution is 2.40. The van der Waals surface area contributed by atoms with E-state index in [9.17, 15) is 8.78 Å². The fraction of sp³-hybridized carbons (Fsp3) is 0.136. The second-order valence-corrected chi connectivity index (χ2v) is 7.51. The summed E-state index contributed by atoms with van der Waals surface area (Å²) in [5, 5.41) is 11.4. The molecular weight excluding hydrogens is 390 g/mol. The van der Waals surface area contributed by atoms with Gasteiger partial charge in [0, 0.05) is 28.0 Å². The van der Waals surface area contributed by atoms with Gasteiger partial charge in [-0.1, -0.05) is 24.8 Å². The first-order valence-corrected chi connectivity index (χ1v) is 9.58. The zero-order valence-corrected chi connectivity index (χ0v) is 16.5. The fourth-order valence-electron chi connectivity index (χ4n) is 3.01. The van der Waals surface area contributed by atoms with Gasteiger partial charge in [-0.05, 0) is 30.7 Å². The molecule has 3 aromatic rings. The van der Waals surface area contributed by atoms with Crippen molar-refractivity contribution in [1.82, 2.24) is 4.98 Å². The van der Waals surface area contributed by atoms with E-state index >= 15 is 0 Å². The Bertz CT molecular complexity index is 1110. The number of nitrogens with zero attached hydrogens (tertiary/aromatic N) is 3. The molecule has 2 aromatic carbocycles. The summed E-state index contributed by atoms with van der Waals surface area (Å²) in [4.78, 5) is 8.73. The van der Waals surface area contributed by atoms with Crippen LogP contribution in [-0.2, 0) is 5.41 Å². The minimum absolute atomic E-state index is 0.136. The van der Waals surface area contributed by atoms with Gasteiger partial charge in [-0.2, -0.15) is 5.26 Å². The van der Waals surface area contributed by atoms with Gasteiger partial charge in [0.25, 0.3) is 0 Å². The lowest BCUT2D eigenvalue weighted by atomic mass is 9.76. The summed E-state index contributed by atoms with van der Waals surface area (Å²) in [5.74, 6) is -1.33. The predicted octanol–water partition coefficient (Wildman–Crippen LogP) is 4.92. The van der Waals surface area contributed by atoms with Crippen LogP contribution >= 0.6 is 11.3 Å². The van der Waals surface area contributed by atoms with Crippen molar-refractivity contribution in [3.8, 4) is 17.3 Å². The summed E-state index contributed by atoms with van der Waals surface area (Å²) < 4.78 is 28.0. The molecule has 2 N–H and O–H groups in total. The molecule has 0 aliphatic heterocycles. The van der Waals surface area contributed by atoms with Gasteiger partial charge in [0.05, 0.1) is 30.2 Å². The Morgan fingerprint density at radius 1 is 1.31 bits per heavy atom. The highest BCUT2D eigenvalue weighted by molar-refractivity contribution is 7.11. The van der Waals surface area contributed by atoms with Gasteiger partial charge >= 0.3 is 0 Å². The summed E-state index contributed by atoms with van der Waals surface area (Å²) in [6.45, 7) is 6.07. The van der Waals surface area contributed by atoms with Crippen molar-refractivity contribution in [3.63, 3.8) is 0 Å². The first-order valence-electron chi connectivity index (χ1n) is 8.70. The number of hydrogen-bond donors (Lipinski definition) is 1. The second-order valence-electron chi connectivity index (χ2n) is 6.65. The molecule has 0 aliphatic carbocycles. The third kappa shape index (κ3) is 4.08. The molecule has 0 bridgehead atoms. The molecule has 1 aromatic heterocycles. The van der Waals surface area contributed by atoms with E-state index in [0.717, 1.165) is 23.7 Å². The van der Waals surface area contributed by atoms with Crippen LogP contribution in [-0.4, -0.2) is 17.9 Å². The number of nitrogens with two attached hydrogens (primary N) is 1. The van der Waals surface area contributed by atoms with Crippen molar-refractivity contribution >= 4 is 23.2 Å². The van der Waals surface area contributed by atoms with Crippen LogP contribution in [0.3, 0.4) is 0 Å². The topological polar surface area (TPSA) is 75.1 Å². The summed E-state index contributed by atoms with van der Waals surface area (Å²) in [5.41, 5.74) is 7.41. The van der Waals surface area contributed by atoms with Gasteiger partial charge in [0.2, 0.25) is 0 Å². The van der Waals surface area contributed by atoms with Gasteiger partial charge in [0.15, 0.2) is 0 Å². The number of hydrogen-bond acceptors (Lipinski definition) is 4. The van der Waals surface area contributed by atoms with Crippen LogP contribution in [0, 0.1) is 23.0 Å². The SMILES string of the molecule is C=C(c1nc(-c2ccc(C#N)cc2)cs1)[C@](C)(CN=CN)c1ccc(F)cc1F. The van der Waals surface area contributed by atoms with Gasteiger partial charge in [-0.25, -0.2) is 13.8 Å². The average molecular weight is 408 g/mol. The van der Waals surface area contributed by atoms with Crippen molar-refractivity contribution < 1.29 is 8.78 Å². The van der Waals surface area contributed by atoms with E-state index in [1.165, 1.54) is 23.5 Å². The first-order chi connectivity index (χ1) is 13.9. The van der Waals surface area contributed by atoms with E-state index in [1.807, 2.05) is 17.5 Å². The monoisotopic (exact) mass is 408 g/mol. The Morgan fingerprint density at radius 2 is 2.03 bits per heavy atom. The van der Waals surface area contributed by atoms with Gasteiger partial charge < -0.3 is 5.73 Å². The van der Waals surface area contributed by atoms with Gasteiger partial charge in [0.1, 0.15) is 16.6 Å². The molecule has 0 saturated carbocycles. The van der Waals surface area contributed by atoms with E-state index in [-0.39, 0.29) is 12.1 Å². The predicted molar refractivity (Wildman–Crippen MR) is 113 cm³/mol. The number of aliphatic imine (C=N–C) groups is 1. The molecule has 29 heavy (non-hydrogen) atoms. The first kappa shape index (κ1) is 20.4. The van der Waals surface area contributed by atoms with Crippen LogP contribution in [0.15, 0.2) is 59.4 Å². The minimum Gasteiger partial charge on any atom is -0.390 e. The minimum atomic E-state index is -0.965. The zero-order valence-electron chi connectivity index (χ0n) is 15.7. The molecule has 0 radical (unpaired) electrons. The van der Waals surface area contributed by atoms with Crippen molar-refractivity contribution in [2.45, 2.75) is 12.3 Å². The molecular formula is C22H18F2N4S. The highest BCUT2D eigenvalue weighted by Gasteiger charge is 2.35. The number of halogens is 2. The average Bonchev–Trinajstić information content (AvgIpc) is 3.21. The maximum absolute atomic E-state index is 14.6. The molecule has 0 spiro atoms. The Balaban J connectivity index is 2.00. The Hall–Kier alpha value is -3.37. The summed E-state index contributed by atoms with van der Waals surface area (Å²) >= 11 is 1.37. The number of nitriles is 1. The molecule has 1 atom stereocenters. The molecule has 0 unspecified atom stereocenters. The van der Waals surface area contributed by atoms with Crippen LogP contribution in [0.25, 0.3) is 16.8 Å². The Labute approximate surface area is 171 Å². The number of benzene rings is 2. The molecule has 3 rings (SSSR count). The molecule has 0 fully saturated rings. The maximum atomic E-state index is 14.6. The lowest BCUT2D eigenvalue weighted by Gasteiger charge is -2.30. The van der Waals surface area contributed by atoms with Crippen LogP contribution < -0.4 is 5.73 Å².